The standard InChI is InChI=1S/C17H17ClN4O/c18-13-3-4-15-12(8-13)9-16(20-15)17(23)21-6-1-2-14(10-21)22-7-5-19-11-22/h3-5,7-9,11,14,20H,1-2,6,10H2/t14-/m0/s1. The number of halogens is 1. The number of aromatic amines is 1. The monoisotopic (exact) mass is 328 g/mol. The molecule has 6 heteroatoms. The Morgan fingerprint density at radius 2 is 2.26 bits per heavy atom. The van der Waals surface area contributed by atoms with E-state index in [1.807, 2.05) is 41.7 Å². The van der Waals surface area contributed by atoms with Gasteiger partial charge in [-0.05, 0) is 37.1 Å². The lowest BCUT2D eigenvalue weighted by molar-refractivity contribution is 0.0674. The molecule has 0 aliphatic carbocycles. The minimum atomic E-state index is 0.0436. The van der Waals surface area contributed by atoms with E-state index in [0.29, 0.717) is 23.3 Å². The Morgan fingerprint density at radius 3 is 3.09 bits per heavy atom. The molecular formula is C17H17ClN4O. The Morgan fingerprint density at radius 1 is 1.35 bits per heavy atom. The molecule has 0 radical (unpaired) electrons. The van der Waals surface area contributed by atoms with Gasteiger partial charge in [-0.15, -0.1) is 0 Å². The quantitative estimate of drug-likeness (QED) is 0.782. The van der Waals surface area contributed by atoms with E-state index in [-0.39, 0.29) is 5.91 Å². The second-order valence-corrected chi connectivity index (χ2v) is 6.41. The molecule has 1 aromatic carbocycles. The molecule has 4 rings (SSSR count). The number of benzene rings is 1. The maximum Gasteiger partial charge on any atom is 0.270 e. The number of rotatable bonds is 2. The summed E-state index contributed by atoms with van der Waals surface area (Å²) in [7, 11) is 0. The van der Waals surface area contributed by atoms with Crippen LogP contribution in [0.15, 0.2) is 43.0 Å². The van der Waals surface area contributed by atoms with Gasteiger partial charge in [0.15, 0.2) is 0 Å². The van der Waals surface area contributed by atoms with Crippen LogP contribution in [-0.2, 0) is 0 Å². The number of piperidine rings is 1. The first kappa shape index (κ1) is 14.3. The number of fused-ring (bicyclic) bond motifs is 1. The summed E-state index contributed by atoms with van der Waals surface area (Å²) >= 11 is 6.01. The molecule has 1 N–H and O–H groups in total. The van der Waals surface area contributed by atoms with Crippen molar-refractivity contribution in [2.75, 3.05) is 13.1 Å². The highest BCUT2D eigenvalue weighted by Gasteiger charge is 2.26. The maximum absolute atomic E-state index is 12.8. The first-order valence-corrected chi connectivity index (χ1v) is 8.13. The predicted octanol–water partition coefficient (Wildman–Crippen LogP) is 3.50. The average Bonchev–Trinajstić information content (AvgIpc) is 3.23. The van der Waals surface area contributed by atoms with Crippen LogP contribution in [0, 0.1) is 0 Å². The summed E-state index contributed by atoms with van der Waals surface area (Å²) in [5.41, 5.74) is 1.55. The number of nitrogens with one attached hydrogen (secondary N) is 1. The predicted molar refractivity (Wildman–Crippen MR) is 89.7 cm³/mol. The summed E-state index contributed by atoms with van der Waals surface area (Å²) in [4.78, 5) is 22.0. The van der Waals surface area contributed by atoms with Gasteiger partial charge in [0.1, 0.15) is 5.69 Å². The summed E-state index contributed by atoms with van der Waals surface area (Å²) in [5, 5.41) is 1.64. The molecule has 0 saturated carbocycles. The lowest BCUT2D eigenvalue weighted by Gasteiger charge is -2.33. The van der Waals surface area contributed by atoms with Gasteiger partial charge in [-0.2, -0.15) is 0 Å². The van der Waals surface area contributed by atoms with E-state index in [1.165, 1.54) is 0 Å². The zero-order chi connectivity index (χ0) is 15.8. The number of carbonyl (C=O) groups excluding carboxylic acids is 1. The number of carbonyl (C=O) groups is 1. The summed E-state index contributed by atoms with van der Waals surface area (Å²) in [6, 6.07) is 7.77. The summed E-state index contributed by atoms with van der Waals surface area (Å²) in [6.07, 6.45) is 7.64. The number of imidazole rings is 1. The van der Waals surface area contributed by atoms with E-state index in [2.05, 4.69) is 14.5 Å². The van der Waals surface area contributed by atoms with E-state index in [4.69, 9.17) is 11.6 Å². The highest BCUT2D eigenvalue weighted by molar-refractivity contribution is 6.31. The number of hydrogen-bond donors (Lipinski definition) is 1. The molecule has 0 unspecified atom stereocenters. The zero-order valence-electron chi connectivity index (χ0n) is 12.6. The van der Waals surface area contributed by atoms with E-state index in [9.17, 15) is 4.79 Å². The van der Waals surface area contributed by atoms with Crippen molar-refractivity contribution in [1.29, 1.82) is 0 Å². The van der Waals surface area contributed by atoms with Crippen LogP contribution in [0.25, 0.3) is 10.9 Å². The number of H-pyrrole nitrogens is 1. The summed E-state index contributed by atoms with van der Waals surface area (Å²) in [5.74, 6) is 0.0436. The number of likely N-dealkylation sites (tertiary alicyclic amines) is 1. The van der Waals surface area contributed by atoms with Gasteiger partial charge in [0.2, 0.25) is 0 Å². The fourth-order valence-electron chi connectivity index (χ4n) is 3.26. The molecule has 23 heavy (non-hydrogen) atoms. The number of aromatic nitrogens is 3. The third-order valence-electron chi connectivity index (χ3n) is 4.44. The van der Waals surface area contributed by atoms with Crippen LogP contribution in [0.1, 0.15) is 29.4 Å². The van der Waals surface area contributed by atoms with Gasteiger partial charge in [0.25, 0.3) is 5.91 Å². The number of hydrogen-bond acceptors (Lipinski definition) is 2. The largest absolute Gasteiger partial charge is 0.351 e. The average molecular weight is 329 g/mol. The van der Waals surface area contributed by atoms with Gasteiger partial charge in [0.05, 0.1) is 12.4 Å². The molecular weight excluding hydrogens is 312 g/mol. The van der Waals surface area contributed by atoms with Crippen molar-refractivity contribution >= 4 is 28.4 Å². The minimum absolute atomic E-state index is 0.0436. The van der Waals surface area contributed by atoms with E-state index in [0.717, 1.165) is 30.3 Å². The third kappa shape index (κ3) is 2.72. The first-order chi connectivity index (χ1) is 11.2. The topological polar surface area (TPSA) is 53.9 Å². The summed E-state index contributed by atoms with van der Waals surface area (Å²) in [6.45, 7) is 1.51. The van der Waals surface area contributed by atoms with Gasteiger partial charge < -0.3 is 14.5 Å². The SMILES string of the molecule is O=C(c1cc2cc(Cl)ccc2[nH]1)N1CCC[C@H](n2ccnc2)C1. The van der Waals surface area contributed by atoms with Gasteiger partial charge >= 0.3 is 0 Å². The third-order valence-corrected chi connectivity index (χ3v) is 4.68. The molecule has 5 nitrogen and oxygen atoms in total. The van der Waals surface area contributed by atoms with Crippen LogP contribution < -0.4 is 0 Å². The van der Waals surface area contributed by atoms with Crippen molar-refractivity contribution in [3.05, 3.63) is 53.7 Å². The molecule has 3 aromatic rings. The van der Waals surface area contributed by atoms with Crippen LogP contribution in [0.2, 0.25) is 5.02 Å². The van der Waals surface area contributed by atoms with Gasteiger partial charge in [-0.1, -0.05) is 11.6 Å². The minimum Gasteiger partial charge on any atom is -0.351 e. The number of nitrogens with zero attached hydrogens (tertiary/aromatic N) is 3. The molecule has 1 atom stereocenters. The Kier molecular flexibility index (Phi) is 3.58. The second-order valence-electron chi connectivity index (χ2n) is 5.97. The molecule has 0 spiro atoms. The Hall–Kier alpha value is -2.27. The van der Waals surface area contributed by atoms with Crippen LogP contribution >= 0.6 is 11.6 Å². The van der Waals surface area contributed by atoms with Crippen molar-refractivity contribution < 1.29 is 4.79 Å². The summed E-state index contributed by atoms with van der Waals surface area (Å²) < 4.78 is 2.09. The smallest absolute Gasteiger partial charge is 0.270 e. The van der Waals surface area contributed by atoms with Crippen LogP contribution in [0.3, 0.4) is 0 Å². The molecule has 1 fully saturated rings. The van der Waals surface area contributed by atoms with Gasteiger partial charge in [-0.3, -0.25) is 4.79 Å². The molecule has 118 valence electrons. The molecule has 1 aliphatic heterocycles. The first-order valence-electron chi connectivity index (χ1n) is 7.76. The molecule has 1 saturated heterocycles. The number of amides is 1. The van der Waals surface area contributed by atoms with E-state index >= 15 is 0 Å². The van der Waals surface area contributed by atoms with E-state index in [1.54, 1.807) is 6.20 Å². The normalized spacial score (nSPS) is 18.5. The fourth-order valence-corrected chi connectivity index (χ4v) is 3.44. The van der Waals surface area contributed by atoms with Crippen LogP contribution in [0.5, 0.6) is 0 Å². The lowest BCUT2D eigenvalue weighted by Crippen LogP contribution is -2.40. The lowest BCUT2D eigenvalue weighted by atomic mass is 10.1. The van der Waals surface area contributed by atoms with Crippen LogP contribution in [-0.4, -0.2) is 38.4 Å². The van der Waals surface area contributed by atoms with Crippen molar-refractivity contribution in [3.63, 3.8) is 0 Å². The molecule has 0 bridgehead atoms. The second kappa shape index (κ2) is 5.74. The maximum atomic E-state index is 12.8. The van der Waals surface area contributed by atoms with Crippen LogP contribution in [0.4, 0.5) is 0 Å². The van der Waals surface area contributed by atoms with Crippen molar-refractivity contribution in [2.45, 2.75) is 18.9 Å². The molecule has 1 aliphatic rings. The zero-order valence-corrected chi connectivity index (χ0v) is 13.3. The van der Waals surface area contributed by atoms with Crippen molar-refractivity contribution in [2.24, 2.45) is 0 Å². The van der Waals surface area contributed by atoms with E-state index < -0.39 is 0 Å². The van der Waals surface area contributed by atoms with Crippen molar-refractivity contribution in [3.8, 4) is 0 Å². The highest BCUT2D eigenvalue weighted by Crippen LogP contribution is 2.24. The molecule has 3 heterocycles. The fraction of sp³-hybridized carbons (Fsp3) is 0.294. The molecule has 1 amide bonds. The Balaban J connectivity index is 1.57. The highest BCUT2D eigenvalue weighted by atomic mass is 35.5. The van der Waals surface area contributed by atoms with Crippen molar-refractivity contribution in [1.82, 2.24) is 19.4 Å². The molecule has 2 aromatic heterocycles. The Labute approximate surface area is 138 Å². The Bertz CT molecular complexity index is 840. The van der Waals surface area contributed by atoms with Gasteiger partial charge in [-0.25, -0.2) is 4.98 Å². The van der Waals surface area contributed by atoms with Gasteiger partial charge in [0, 0.05) is 41.4 Å².